The van der Waals surface area contributed by atoms with Crippen molar-refractivity contribution in [2.24, 2.45) is 5.92 Å². The summed E-state index contributed by atoms with van der Waals surface area (Å²) in [5.41, 5.74) is 1.35. The van der Waals surface area contributed by atoms with Crippen LogP contribution in [0.2, 0.25) is 5.02 Å². The predicted octanol–water partition coefficient (Wildman–Crippen LogP) is 4.97. The quantitative estimate of drug-likeness (QED) is 0.682. The van der Waals surface area contributed by atoms with Gasteiger partial charge in [-0.2, -0.15) is 0 Å². The van der Waals surface area contributed by atoms with Crippen LogP contribution in [0.25, 0.3) is 0 Å². The van der Waals surface area contributed by atoms with Crippen molar-refractivity contribution >= 4 is 27.5 Å². The van der Waals surface area contributed by atoms with Crippen molar-refractivity contribution in [3.8, 4) is 0 Å². The molecule has 1 atom stereocenters. The van der Waals surface area contributed by atoms with E-state index in [4.69, 9.17) is 11.6 Å². The third kappa shape index (κ3) is 2.52. The molecule has 14 heavy (non-hydrogen) atoms. The van der Waals surface area contributed by atoms with E-state index in [0.29, 0.717) is 4.83 Å². The Balaban J connectivity index is 1.95. The van der Waals surface area contributed by atoms with Crippen molar-refractivity contribution in [3.63, 3.8) is 0 Å². The second-order valence-corrected chi connectivity index (χ2v) is 5.59. The Bertz CT molecular complexity index is 290. The maximum absolute atomic E-state index is 5.85. The fourth-order valence-corrected chi connectivity index (χ4v) is 2.79. The van der Waals surface area contributed by atoms with Crippen LogP contribution in [0.15, 0.2) is 24.3 Å². The minimum Gasteiger partial charge on any atom is -0.0843 e. The van der Waals surface area contributed by atoms with Crippen LogP contribution in [-0.2, 0) is 0 Å². The lowest BCUT2D eigenvalue weighted by Crippen LogP contribution is -2.12. The Hall–Kier alpha value is -0.0100. The Kier molecular flexibility index (Phi) is 3.51. The molecule has 76 valence electrons. The number of benzene rings is 1. The number of rotatable bonds is 3. The highest BCUT2D eigenvalue weighted by molar-refractivity contribution is 9.09. The highest BCUT2D eigenvalue weighted by atomic mass is 79.9. The molecule has 0 radical (unpaired) electrons. The van der Waals surface area contributed by atoms with E-state index in [2.05, 4.69) is 28.1 Å². The zero-order chi connectivity index (χ0) is 9.97. The smallest absolute Gasteiger partial charge is 0.0406 e. The lowest BCUT2D eigenvalue weighted by atomic mass is 9.81. The maximum Gasteiger partial charge on any atom is 0.0406 e. The minimum absolute atomic E-state index is 0.505. The molecule has 0 nitrogen and oxygen atoms in total. The summed E-state index contributed by atoms with van der Waals surface area (Å²) < 4.78 is 0. The van der Waals surface area contributed by atoms with Gasteiger partial charge in [0, 0.05) is 9.85 Å². The SMILES string of the molecule is Clc1ccc(C(Br)CC2CCC2)cc1. The fourth-order valence-electron chi connectivity index (χ4n) is 1.83. The van der Waals surface area contributed by atoms with Gasteiger partial charge in [0.25, 0.3) is 0 Å². The van der Waals surface area contributed by atoms with Crippen LogP contribution in [0.3, 0.4) is 0 Å². The molecule has 1 unspecified atom stereocenters. The molecule has 0 N–H and O–H groups in total. The van der Waals surface area contributed by atoms with E-state index in [1.165, 1.54) is 31.2 Å². The molecule has 0 saturated heterocycles. The number of hydrogen-bond acceptors (Lipinski definition) is 0. The first-order chi connectivity index (χ1) is 6.75. The standard InChI is InChI=1S/C12H14BrCl/c13-12(8-9-2-1-3-9)10-4-6-11(14)7-5-10/h4-7,9,12H,1-3,8H2. The number of alkyl halides is 1. The molecule has 2 heteroatoms. The van der Waals surface area contributed by atoms with Crippen LogP contribution in [0.5, 0.6) is 0 Å². The highest BCUT2D eigenvalue weighted by Crippen LogP contribution is 2.38. The van der Waals surface area contributed by atoms with Crippen molar-refractivity contribution < 1.29 is 0 Å². The molecule has 1 saturated carbocycles. The second-order valence-electron chi connectivity index (χ2n) is 4.05. The van der Waals surface area contributed by atoms with Crippen LogP contribution >= 0.6 is 27.5 Å². The molecule has 0 bridgehead atoms. The molecular formula is C12H14BrCl. The molecule has 1 fully saturated rings. The molecule has 0 spiro atoms. The van der Waals surface area contributed by atoms with Gasteiger partial charge in [0.15, 0.2) is 0 Å². The summed E-state index contributed by atoms with van der Waals surface area (Å²) >= 11 is 9.59. The van der Waals surface area contributed by atoms with E-state index in [-0.39, 0.29) is 0 Å². The van der Waals surface area contributed by atoms with E-state index in [9.17, 15) is 0 Å². The van der Waals surface area contributed by atoms with Gasteiger partial charge in [-0.05, 0) is 30.0 Å². The summed E-state index contributed by atoms with van der Waals surface area (Å²) in [4.78, 5) is 0.505. The molecule has 0 amide bonds. The van der Waals surface area contributed by atoms with Crippen LogP contribution in [0, 0.1) is 5.92 Å². The number of hydrogen-bond donors (Lipinski definition) is 0. The Morgan fingerprint density at radius 1 is 1.29 bits per heavy atom. The first-order valence-electron chi connectivity index (χ1n) is 5.15. The van der Waals surface area contributed by atoms with Gasteiger partial charge in [0.1, 0.15) is 0 Å². The summed E-state index contributed by atoms with van der Waals surface area (Å²) in [5.74, 6) is 0.940. The second kappa shape index (κ2) is 4.67. The Morgan fingerprint density at radius 3 is 2.43 bits per heavy atom. The van der Waals surface area contributed by atoms with Crippen LogP contribution in [-0.4, -0.2) is 0 Å². The van der Waals surface area contributed by atoms with Crippen molar-refractivity contribution in [3.05, 3.63) is 34.9 Å². The average Bonchev–Trinajstić information content (AvgIpc) is 2.12. The van der Waals surface area contributed by atoms with E-state index >= 15 is 0 Å². The van der Waals surface area contributed by atoms with Crippen molar-refractivity contribution in [1.82, 2.24) is 0 Å². The average molecular weight is 274 g/mol. The van der Waals surface area contributed by atoms with Crippen LogP contribution in [0.1, 0.15) is 36.1 Å². The largest absolute Gasteiger partial charge is 0.0843 e. The lowest BCUT2D eigenvalue weighted by Gasteiger charge is -2.27. The first-order valence-corrected chi connectivity index (χ1v) is 6.44. The van der Waals surface area contributed by atoms with Gasteiger partial charge in [-0.1, -0.05) is 58.9 Å². The molecule has 1 aliphatic carbocycles. The highest BCUT2D eigenvalue weighted by Gasteiger charge is 2.21. The zero-order valence-electron chi connectivity index (χ0n) is 8.05. The van der Waals surface area contributed by atoms with E-state index in [1.54, 1.807) is 0 Å². The Labute approximate surface area is 98.8 Å². The summed E-state index contributed by atoms with van der Waals surface area (Å²) in [6, 6.07) is 8.15. The van der Waals surface area contributed by atoms with Gasteiger partial charge >= 0.3 is 0 Å². The van der Waals surface area contributed by atoms with Crippen molar-refractivity contribution in [2.75, 3.05) is 0 Å². The number of halogens is 2. The molecule has 0 heterocycles. The monoisotopic (exact) mass is 272 g/mol. The summed E-state index contributed by atoms with van der Waals surface area (Å²) in [5, 5.41) is 0.817. The van der Waals surface area contributed by atoms with Gasteiger partial charge in [-0.15, -0.1) is 0 Å². The van der Waals surface area contributed by atoms with Gasteiger partial charge in [0.2, 0.25) is 0 Å². The lowest BCUT2D eigenvalue weighted by molar-refractivity contribution is 0.295. The van der Waals surface area contributed by atoms with Gasteiger partial charge < -0.3 is 0 Å². The molecule has 2 rings (SSSR count). The molecule has 1 aliphatic rings. The Morgan fingerprint density at radius 2 is 1.93 bits per heavy atom. The van der Waals surface area contributed by atoms with Crippen molar-refractivity contribution in [2.45, 2.75) is 30.5 Å². The van der Waals surface area contributed by atoms with E-state index in [0.717, 1.165) is 10.9 Å². The third-order valence-electron chi connectivity index (χ3n) is 3.00. The van der Waals surface area contributed by atoms with Crippen LogP contribution in [0.4, 0.5) is 0 Å². The first kappa shape index (κ1) is 10.5. The van der Waals surface area contributed by atoms with Gasteiger partial charge in [0.05, 0.1) is 0 Å². The molecule has 1 aromatic rings. The molecular weight excluding hydrogens is 259 g/mol. The van der Waals surface area contributed by atoms with Gasteiger partial charge in [-0.25, -0.2) is 0 Å². The van der Waals surface area contributed by atoms with E-state index in [1.807, 2.05) is 12.1 Å². The van der Waals surface area contributed by atoms with Crippen LogP contribution < -0.4 is 0 Å². The van der Waals surface area contributed by atoms with Crippen molar-refractivity contribution in [1.29, 1.82) is 0 Å². The van der Waals surface area contributed by atoms with E-state index < -0.39 is 0 Å². The fraction of sp³-hybridized carbons (Fsp3) is 0.500. The molecule has 0 aromatic heterocycles. The zero-order valence-corrected chi connectivity index (χ0v) is 10.4. The molecule has 0 aliphatic heterocycles. The summed E-state index contributed by atoms with van der Waals surface area (Å²) in [6.07, 6.45) is 5.51. The summed E-state index contributed by atoms with van der Waals surface area (Å²) in [7, 11) is 0. The van der Waals surface area contributed by atoms with Gasteiger partial charge in [-0.3, -0.25) is 0 Å². The summed E-state index contributed by atoms with van der Waals surface area (Å²) in [6.45, 7) is 0. The maximum atomic E-state index is 5.85. The normalized spacial score (nSPS) is 19.0. The minimum atomic E-state index is 0.505. The third-order valence-corrected chi connectivity index (χ3v) is 4.15. The topological polar surface area (TPSA) is 0 Å². The predicted molar refractivity (Wildman–Crippen MR) is 65.1 cm³/mol. The molecule has 1 aromatic carbocycles.